The molecule has 18 heavy (non-hydrogen) atoms. The van der Waals surface area contributed by atoms with E-state index in [2.05, 4.69) is 31.4 Å². The van der Waals surface area contributed by atoms with Gasteiger partial charge in [0, 0.05) is 6.54 Å². The number of rotatable bonds is 5. The lowest BCUT2D eigenvalue weighted by Crippen LogP contribution is -2.45. The molecule has 0 aromatic carbocycles. The molecule has 0 aliphatic carbocycles. The Labute approximate surface area is 112 Å². The summed E-state index contributed by atoms with van der Waals surface area (Å²) in [7, 11) is 0. The minimum Gasteiger partial charge on any atom is -0.394 e. The van der Waals surface area contributed by atoms with Crippen molar-refractivity contribution in [3.8, 4) is 0 Å². The van der Waals surface area contributed by atoms with Gasteiger partial charge in [0.15, 0.2) is 0 Å². The molecule has 3 N–H and O–H groups in total. The molecular weight excluding hydrogens is 248 g/mol. The molecule has 0 radical (unpaired) electrons. The van der Waals surface area contributed by atoms with Crippen LogP contribution in [0, 0.1) is 5.41 Å². The summed E-state index contributed by atoms with van der Waals surface area (Å²) >= 11 is 1.61. The molecule has 1 heterocycles. The van der Waals surface area contributed by atoms with Crippen molar-refractivity contribution in [2.24, 2.45) is 5.41 Å². The normalized spacial score (nSPS) is 13.1. The predicted molar refractivity (Wildman–Crippen MR) is 74.6 cm³/mol. The summed E-state index contributed by atoms with van der Waals surface area (Å²) in [5, 5.41) is 18.8. The van der Waals surface area contributed by atoms with Crippen molar-refractivity contribution in [3.05, 3.63) is 22.4 Å². The topological polar surface area (TPSA) is 61.4 Å². The quantitative estimate of drug-likeness (QED) is 0.769. The smallest absolute Gasteiger partial charge is 0.315 e. The lowest BCUT2D eigenvalue weighted by Gasteiger charge is -2.25. The monoisotopic (exact) mass is 270 g/mol. The largest absolute Gasteiger partial charge is 0.394 e. The molecule has 4 nitrogen and oxygen atoms in total. The lowest BCUT2D eigenvalue weighted by atomic mass is 9.88. The number of aliphatic hydroxyl groups is 1. The summed E-state index contributed by atoms with van der Waals surface area (Å²) in [5.41, 5.74) is 1.17. The highest BCUT2D eigenvalue weighted by Gasteiger charge is 2.19. The lowest BCUT2D eigenvalue weighted by molar-refractivity contribution is 0.191. The summed E-state index contributed by atoms with van der Waals surface area (Å²) in [6, 6.07) is 1.54. The van der Waals surface area contributed by atoms with Gasteiger partial charge < -0.3 is 15.7 Å². The van der Waals surface area contributed by atoms with Crippen LogP contribution in [0.1, 0.15) is 32.8 Å². The molecule has 0 saturated heterocycles. The second-order valence-corrected chi connectivity index (χ2v) is 6.38. The molecule has 0 aliphatic rings. The molecule has 102 valence electrons. The number of hydrogen-bond acceptors (Lipinski definition) is 3. The van der Waals surface area contributed by atoms with E-state index in [4.69, 9.17) is 0 Å². The zero-order valence-corrected chi connectivity index (χ0v) is 12.0. The predicted octanol–water partition coefficient (Wildman–Crippen LogP) is 2.34. The van der Waals surface area contributed by atoms with E-state index in [9.17, 15) is 9.90 Å². The van der Waals surface area contributed by atoms with Crippen molar-refractivity contribution in [2.45, 2.75) is 39.8 Å². The zero-order valence-electron chi connectivity index (χ0n) is 11.2. The van der Waals surface area contributed by atoms with Gasteiger partial charge in [-0.15, -0.1) is 0 Å². The average molecular weight is 270 g/mol. The minimum absolute atomic E-state index is 0.0386. The number of carbonyl (C=O) groups excluding carboxylic acids is 1. The highest BCUT2D eigenvalue weighted by atomic mass is 32.1. The maximum atomic E-state index is 11.7. The Morgan fingerprint density at radius 1 is 1.50 bits per heavy atom. The Hall–Kier alpha value is -1.07. The molecule has 0 spiro atoms. The van der Waals surface area contributed by atoms with Crippen LogP contribution in [-0.4, -0.2) is 23.8 Å². The summed E-state index contributed by atoms with van der Waals surface area (Å²) in [4.78, 5) is 11.7. The number of urea groups is 1. The van der Waals surface area contributed by atoms with Crippen LogP contribution in [0.15, 0.2) is 16.8 Å². The van der Waals surface area contributed by atoms with Crippen molar-refractivity contribution in [1.29, 1.82) is 0 Å². The van der Waals surface area contributed by atoms with Gasteiger partial charge in [-0.1, -0.05) is 20.8 Å². The third-order valence-electron chi connectivity index (χ3n) is 2.45. The van der Waals surface area contributed by atoms with Crippen molar-refractivity contribution in [2.75, 3.05) is 6.61 Å². The third-order valence-corrected chi connectivity index (χ3v) is 3.18. The fourth-order valence-corrected chi connectivity index (χ4v) is 2.38. The Morgan fingerprint density at radius 3 is 2.72 bits per heavy atom. The Kier molecular flexibility index (Phi) is 5.62. The molecular formula is C13H22N2O2S. The summed E-state index contributed by atoms with van der Waals surface area (Å²) in [6.07, 6.45) is 0.745. The van der Waals surface area contributed by atoms with Crippen LogP contribution in [-0.2, 0) is 6.54 Å². The average Bonchev–Trinajstić information content (AvgIpc) is 2.76. The molecule has 0 bridgehead atoms. The van der Waals surface area contributed by atoms with Crippen molar-refractivity contribution >= 4 is 17.4 Å². The van der Waals surface area contributed by atoms with Crippen LogP contribution in [0.2, 0.25) is 0 Å². The van der Waals surface area contributed by atoms with Crippen LogP contribution in [0.5, 0.6) is 0 Å². The molecule has 1 rings (SSSR count). The van der Waals surface area contributed by atoms with Gasteiger partial charge in [0.05, 0.1) is 12.6 Å². The van der Waals surface area contributed by atoms with Crippen LogP contribution >= 0.6 is 11.3 Å². The van der Waals surface area contributed by atoms with Crippen LogP contribution in [0.3, 0.4) is 0 Å². The van der Waals surface area contributed by atoms with E-state index in [1.165, 1.54) is 0 Å². The van der Waals surface area contributed by atoms with E-state index in [1.54, 1.807) is 11.3 Å². The first-order valence-corrected chi connectivity index (χ1v) is 7.01. The molecule has 2 amide bonds. The molecule has 0 fully saturated rings. The standard InChI is InChI=1S/C13H22N2O2S/c1-13(2,3)6-11(8-16)15-12(17)14-7-10-4-5-18-9-10/h4-5,9,11,16H,6-8H2,1-3H3,(H2,14,15,17). The van der Waals surface area contributed by atoms with E-state index in [0.29, 0.717) is 6.54 Å². The van der Waals surface area contributed by atoms with Crippen LogP contribution < -0.4 is 10.6 Å². The number of nitrogens with one attached hydrogen (secondary N) is 2. The number of amides is 2. The van der Waals surface area contributed by atoms with Gasteiger partial charge in [0.2, 0.25) is 0 Å². The number of carbonyl (C=O) groups is 1. The number of aliphatic hydroxyl groups excluding tert-OH is 1. The SMILES string of the molecule is CC(C)(C)CC(CO)NC(=O)NCc1ccsc1. The van der Waals surface area contributed by atoms with Gasteiger partial charge >= 0.3 is 6.03 Å². The fourth-order valence-electron chi connectivity index (χ4n) is 1.71. The first-order valence-electron chi connectivity index (χ1n) is 6.07. The molecule has 1 aromatic heterocycles. The van der Waals surface area contributed by atoms with Gasteiger partial charge in [-0.2, -0.15) is 11.3 Å². The molecule has 0 aliphatic heterocycles. The molecule has 1 aromatic rings. The van der Waals surface area contributed by atoms with Crippen LogP contribution in [0.25, 0.3) is 0 Å². The maximum absolute atomic E-state index is 11.7. The van der Waals surface area contributed by atoms with E-state index in [-0.39, 0.29) is 24.1 Å². The van der Waals surface area contributed by atoms with Crippen molar-refractivity contribution in [3.63, 3.8) is 0 Å². The number of thiophene rings is 1. The van der Waals surface area contributed by atoms with E-state index in [1.807, 2.05) is 16.8 Å². The molecule has 0 saturated carbocycles. The fraction of sp³-hybridized carbons (Fsp3) is 0.615. The van der Waals surface area contributed by atoms with E-state index >= 15 is 0 Å². The second kappa shape index (κ2) is 6.75. The van der Waals surface area contributed by atoms with Gasteiger partial charge in [-0.25, -0.2) is 4.79 Å². The summed E-state index contributed by atoms with van der Waals surface area (Å²) in [5.74, 6) is 0. The summed E-state index contributed by atoms with van der Waals surface area (Å²) in [6.45, 7) is 6.73. The van der Waals surface area contributed by atoms with E-state index < -0.39 is 0 Å². The van der Waals surface area contributed by atoms with Gasteiger partial charge in [0.1, 0.15) is 0 Å². The summed E-state index contributed by atoms with van der Waals surface area (Å²) < 4.78 is 0. The number of hydrogen-bond donors (Lipinski definition) is 3. The van der Waals surface area contributed by atoms with Crippen molar-refractivity contribution in [1.82, 2.24) is 10.6 Å². The van der Waals surface area contributed by atoms with Crippen molar-refractivity contribution < 1.29 is 9.90 Å². The third kappa shape index (κ3) is 6.02. The van der Waals surface area contributed by atoms with E-state index in [0.717, 1.165) is 12.0 Å². The Balaban J connectivity index is 2.33. The second-order valence-electron chi connectivity index (χ2n) is 5.60. The zero-order chi connectivity index (χ0) is 13.6. The maximum Gasteiger partial charge on any atom is 0.315 e. The Bertz CT molecular complexity index is 358. The van der Waals surface area contributed by atoms with Gasteiger partial charge in [-0.3, -0.25) is 0 Å². The molecule has 1 unspecified atom stereocenters. The highest BCUT2D eigenvalue weighted by molar-refractivity contribution is 7.07. The Morgan fingerprint density at radius 2 is 2.22 bits per heavy atom. The van der Waals surface area contributed by atoms with Gasteiger partial charge in [0.25, 0.3) is 0 Å². The first kappa shape index (κ1) is 15.0. The first-order chi connectivity index (χ1) is 8.40. The highest BCUT2D eigenvalue weighted by Crippen LogP contribution is 2.20. The van der Waals surface area contributed by atoms with Crippen LogP contribution in [0.4, 0.5) is 4.79 Å². The van der Waals surface area contributed by atoms with Gasteiger partial charge in [-0.05, 0) is 34.2 Å². The minimum atomic E-state index is -0.232. The molecule has 1 atom stereocenters. The molecule has 5 heteroatoms.